The number of nitrogens with one attached hydrogen (secondary N) is 1. The van der Waals surface area contributed by atoms with Crippen molar-refractivity contribution in [3.05, 3.63) is 29.8 Å². The fourth-order valence-corrected chi connectivity index (χ4v) is 2.17. The number of carbonyl (C=O) groups excluding carboxylic acids is 4. The van der Waals surface area contributed by atoms with Crippen LogP contribution in [0.5, 0.6) is 0 Å². The molecule has 0 bridgehead atoms. The van der Waals surface area contributed by atoms with Gasteiger partial charge in [-0.3, -0.25) is 19.3 Å². The Balaban J connectivity index is 1.97. The highest BCUT2D eigenvalue weighted by molar-refractivity contribution is 5.98. The Morgan fingerprint density at radius 2 is 1.92 bits per heavy atom. The van der Waals surface area contributed by atoms with Gasteiger partial charge in [0, 0.05) is 25.1 Å². The monoisotopic (exact) mass is 334 g/mol. The Kier molecular flexibility index (Phi) is 5.51. The van der Waals surface area contributed by atoms with Crippen molar-refractivity contribution in [3.8, 4) is 0 Å². The lowest BCUT2D eigenvalue weighted by Gasteiger charge is -2.13. The minimum absolute atomic E-state index is 0.194. The summed E-state index contributed by atoms with van der Waals surface area (Å²) in [5.41, 5.74) is 0.955. The molecule has 2 rings (SSSR count). The second kappa shape index (κ2) is 7.58. The van der Waals surface area contributed by atoms with E-state index in [1.54, 1.807) is 24.3 Å². The third-order valence-electron chi connectivity index (χ3n) is 3.36. The van der Waals surface area contributed by atoms with Crippen LogP contribution in [0.1, 0.15) is 24.2 Å². The molecule has 0 radical (unpaired) electrons. The second-order valence-electron chi connectivity index (χ2n) is 5.30. The van der Waals surface area contributed by atoms with E-state index in [1.165, 1.54) is 18.7 Å². The smallest absolute Gasteiger partial charge is 0.414 e. The molecule has 1 heterocycles. The quantitative estimate of drug-likeness (QED) is 0.612. The topological polar surface area (TPSA) is 102 Å². The van der Waals surface area contributed by atoms with Gasteiger partial charge in [-0.05, 0) is 24.3 Å². The zero-order valence-corrected chi connectivity index (χ0v) is 13.4. The number of Topliss-reactive ketones (excluding diaryl/α,β-unsaturated/α-hetero) is 1. The largest absolute Gasteiger partial charge is 0.457 e. The fourth-order valence-electron chi connectivity index (χ4n) is 2.17. The van der Waals surface area contributed by atoms with Crippen molar-refractivity contribution in [2.75, 3.05) is 24.6 Å². The minimum Gasteiger partial charge on any atom is -0.457 e. The highest BCUT2D eigenvalue weighted by Gasteiger charge is 2.32. The number of hydrogen-bond acceptors (Lipinski definition) is 6. The van der Waals surface area contributed by atoms with E-state index in [9.17, 15) is 19.2 Å². The number of carbonyl (C=O) groups is 4. The maximum Gasteiger partial charge on any atom is 0.414 e. The van der Waals surface area contributed by atoms with Gasteiger partial charge in [-0.1, -0.05) is 0 Å². The molecule has 1 aromatic rings. The zero-order valence-electron chi connectivity index (χ0n) is 13.4. The second-order valence-corrected chi connectivity index (χ2v) is 5.30. The number of rotatable bonds is 6. The van der Waals surface area contributed by atoms with Crippen LogP contribution >= 0.6 is 0 Å². The molecule has 128 valence electrons. The molecule has 0 aromatic heterocycles. The Bertz CT molecular complexity index is 655. The van der Waals surface area contributed by atoms with E-state index in [2.05, 4.69) is 10.1 Å². The lowest BCUT2D eigenvalue weighted by Crippen LogP contribution is -2.33. The van der Waals surface area contributed by atoms with Gasteiger partial charge in [0.05, 0.1) is 13.1 Å². The number of nitrogens with zero attached hydrogens (tertiary/aromatic N) is 1. The number of amides is 2. The molecule has 8 nitrogen and oxygen atoms in total. The summed E-state index contributed by atoms with van der Waals surface area (Å²) >= 11 is 0. The molecular formula is C16H18N2O6. The van der Waals surface area contributed by atoms with Gasteiger partial charge >= 0.3 is 12.1 Å². The molecule has 1 saturated heterocycles. The molecule has 1 N–H and O–H groups in total. The van der Waals surface area contributed by atoms with Crippen LogP contribution in [-0.4, -0.2) is 49.6 Å². The number of hydrogen-bond donors (Lipinski definition) is 1. The average molecular weight is 334 g/mol. The molecular weight excluding hydrogens is 316 g/mol. The summed E-state index contributed by atoms with van der Waals surface area (Å²) in [6.07, 6.45) is -0.934. The summed E-state index contributed by atoms with van der Waals surface area (Å²) < 4.78 is 9.83. The van der Waals surface area contributed by atoms with Gasteiger partial charge in [0.25, 0.3) is 0 Å². The van der Waals surface area contributed by atoms with Crippen molar-refractivity contribution < 1.29 is 28.7 Å². The van der Waals surface area contributed by atoms with E-state index >= 15 is 0 Å². The van der Waals surface area contributed by atoms with Crippen LogP contribution in [0.3, 0.4) is 0 Å². The van der Waals surface area contributed by atoms with Gasteiger partial charge in [-0.25, -0.2) is 4.79 Å². The highest BCUT2D eigenvalue weighted by atomic mass is 16.6. The molecule has 0 spiro atoms. The van der Waals surface area contributed by atoms with Crippen LogP contribution < -0.4 is 10.2 Å². The number of ether oxygens (including phenoxy) is 2. The molecule has 8 heteroatoms. The summed E-state index contributed by atoms with van der Waals surface area (Å²) in [5, 5.41) is 2.60. The first-order chi connectivity index (χ1) is 11.4. The number of cyclic esters (lactones) is 1. The summed E-state index contributed by atoms with van der Waals surface area (Å²) in [5.74, 6) is -1.05. The van der Waals surface area contributed by atoms with Gasteiger partial charge < -0.3 is 14.8 Å². The predicted molar refractivity (Wildman–Crippen MR) is 83.7 cm³/mol. The Labute approximate surface area is 138 Å². The maximum absolute atomic E-state index is 11.9. The van der Waals surface area contributed by atoms with E-state index in [1.807, 2.05) is 0 Å². The van der Waals surface area contributed by atoms with Crippen molar-refractivity contribution in [1.82, 2.24) is 5.32 Å². The first kappa shape index (κ1) is 17.5. The SMILES string of the molecule is CC(=O)NC[C@H]1CN(c2ccc(C(=O)COC(C)=O)cc2)C(=O)O1. The Hall–Kier alpha value is -2.90. The van der Waals surface area contributed by atoms with Gasteiger partial charge in [0.1, 0.15) is 6.10 Å². The van der Waals surface area contributed by atoms with Gasteiger partial charge in [-0.15, -0.1) is 0 Å². The van der Waals surface area contributed by atoms with E-state index in [0.29, 0.717) is 17.8 Å². The molecule has 1 fully saturated rings. The van der Waals surface area contributed by atoms with Crippen molar-refractivity contribution >= 4 is 29.4 Å². The fraction of sp³-hybridized carbons (Fsp3) is 0.375. The molecule has 1 aromatic carbocycles. The number of benzene rings is 1. The molecule has 0 saturated carbocycles. The molecule has 1 aliphatic rings. The van der Waals surface area contributed by atoms with Crippen LogP contribution in [0.15, 0.2) is 24.3 Å². The van der Waals surface area contributed by atoms with E-state index < -0.39 is 18.2 Å². The zero-order chi connectivity index (χ0) is 17.7. The van der Waals surface area contributed by atoms with E-state index in [4.69, 9.17) is 4.74 Å². The van der Waals surface area contributed by atoms with Crippen LogP contribution in [0.25, 0.3) is 0 Å². The summed E-state index contributed by atoms with van der Waals surface area (Å²) in [6.45, 7) is 2.85. The highest BCUT2D eigenvalue weighted by Crippen LogP contribution is 2.22. The third kappa shape index (κ3) is 4.55. The molecule has 2 amide bonds. The van der Waals surface area contributed by atoms with Crippen LogP contribution in [-0.2, 0) is 19.1 Å². The first-order valence-electron chi connectivity index (χ1n) is 7.36. The molecule has 0 aliphatic carbocycles. The van der Waals surface area contributed by atoms with Gasteiger partial charge in [-0.2, -0.15) is 0 Å². The van der Waals surface area contributed by atoms with Crippen molar-refractivity contribution in [2.24, 2.45) is 0 Å². The number of esters is 1. The standard InChI is InChI=1S/C16H18N2O6/c1-10(19)17-7-14-8-18(16(22)24-14)13-5-3-12(4-6-13)15(21)9-23-11(2)20/h3-6,14H,7-9H2,1-2H3,(H,17,19)/t14-/m0/s1. The number of anilines is 1. The van der Waals surface area contributed by atoms with E-state index in [0.717, 1.165) is 0 Å². The van der Waals surface area contributed by atoms with Crippen LogP contribution in [0.4, 0.5) is 10.5 Å². The summed E-state index contributed by atoms with van der Waals surface area (Å²) in [4.78, 5) is 46.8. The van der Waals surface area contributed by atoms with Crippen molar-refractivity contribution in [3.63, 3.8) is 0 Å². The molecule has 0 unspecified atom stereocenters. The van der Waals surface area contributed by atoms with Crippen LogP contribution in [0.2, 0.25) is 0 Å². The van der Waals surface area contributed by atoms with Gasteiger partial charge in [0.15, 0.2) is 12.4 Å². The molecule has 24 heavy (non-hydrogen) atoms. The summed E-state index contributed by atoms with van der Waals surface area (Å²) in [6, 6.07) is 6.33. The minimum atomic E-state index is -0.523. The van der Waals surface area contributed by atoms with Crippen molar-refractivity contribution in [1.29, 1.82) is 0 Å². The normalized spacial score (nSPS) is 16.5. The third-order valence-corrected chi connectivity index (χ3v) is 3.36. The number of ketones is 1. The van der Waals surface area contributed by atoms with Gasteiger partial charge in [0.2, 0.25) is 5.91 Å². The first-order valence-corrected chi connectivity index (χ1v) is 7.36. The molecule has 1 atom stereocenters. The van der Waals surface area contributed by atoms with E-state index in [-0.39, 0.29) is 24.8 Å². The Morgan fingerprint density at radius 3 is 2.50 bits per heavy atom. The maximum atomic E-state index is 11.9. The van der Waals surface area contributed by atoms with Crippen LogP contribution in [0, 0.1) is 0 Å². The summed E-state index contributed by atoms with van der Waals surface area (Å²) in [7, 11) is 0. The lowest BCUT2D eigenvalue weighted by atomic mass is 10.1. The van der Waals surface area contributed by atoms with Crippen molar-refractivity contribution in [2.45, 2.75) is 20.0 Å². The predicted octanol–water partition coefficient (Wildman–Crippen LogP) is 0.894. The molecule has 1 aliphatic heterocycles. The lowest BCUT2D eigenvalue weighted by molar-refractivity contribution is -0.139. The average Bonchev–Trinajstić information content (AvgIpc) is 2.91. The Morgan fingerprint density at radius 1 is 1.25 bits per heavy atom.